The molecule has 3 rings (SSSR count). The second-order valence-electron chi connectivity index (χ2n) is 7.52. The molecule has 1 atom stereocenters. The Balaban J connectivity index is 1.73. The van der Waals surface area contributed by atoms with Crippen molar-refractivity contribution in [3.63, 3.8) is 0 Å². The summed E-state index contributed by atoms with van der Waals surface area (Å²) in [4.78, 5) is 27.2. The van der Waals surface area contributed by atoms with E-state index in [2.05, 4.69) is 25.2 Å². The molecule has 148 valence electrons. The van der Waals surface area contributed by atoms with Crippen molar-refractivity contribution in [2.24, 2.45) is 5.92 Å². The first-order valence-corrected chi connectivity index (χ1v) is 9.84. The van der Waals surface area contributed by atoms with Crippen LogP contribution in [0.15, 0.2) is 42.5 Å². The topological polar surface area (TPSA) is 58.6 Å². The predicted octanol–water partition coefficient (Wildman–Crippen LogP) is 4.51. The number of benzene rings is 2. The second-order valence-corrected chi connectivity index (χ2v) is 7.52. The van der Waals surface area contributed by atoms with E-state index < -0.39 is 0 Å². The van der Waals surface area contributed by atoms with Crippen LogP contribution in [-0.4, -0.2) is 25.0 Å². The zero-order chi connectivity index (χ0) is 20.3. The van der Waals surface area contributed by atoms with E-state index in [0.29, 0.717) is 24.8 Å². The number of ether oxygens (including phenoxy) is 1. The molecule has 28 heavy (non-hydrogen) atoms. The van der Waals surface area contributed by atoms with E-state index in [1.54, 1.807) is 4.90 Å². The maximum atomic E-state index is 12.7. The van der Waals surface area contributed by atoms with Gasteiger partial charge in [-0.05, 0) is 55.2 Å². The summed E-state index contributed by atoms with van der Waals surface area (Å²) in [5, 5.41) is 2.92. The molecular formula is C23H28N2O3. The molecule has 2 amide bonds. The monoisotopic (exact) mass is 380 g/mol. The molecule has 1 fully saturated rings. The lowest BCUT2D eigenvalue weighted by atomic mass is 9.97. The molecule has 1 N–H and O–H groups in total. The summed E-state index contributed by atoms with van der Waals surface area (Å²) in [6.07, 6.45) is 0.231. The fourth-order valence-corrected chi connectivity index (χ4v) is 3.66. The molecule has 5 nitrogen and oxygen atoms in total. The average molecular weight is 380 g/mol. The minimum atomic E-state index is -0.362. The maximum absolute atomic E-state index is 12.7. The number of nitrogens with zero attached hydrogens (tertiary/aromatic N) is 1. The minimum absolute atomic E-state index is 0.00282. The largest absolute Gasteiger partial charge is 0.494 e. The van der Waals surface area contributed by atoms with E-state index in [9.17, 15) is 9.59 Å². The van der Waals surface area contributed by atoms with Gasteiger partial charge in [0.1, 0.15) is 5.75 Å². The van der Waals surface area contributed by atoms with Crippen LogP contribution < -0.4 is 15.0 Å². The molecular weight excluding hydrogens is 352 g/mol. The first-order valence-electron chi connectivity index (χ1n) is 9.84. The highest BCUT2D eigenvalue weighted by molar-refractivity contribution is 6.04. The van der Waals surface area contributed by atoms with Gasteiger partial charge in [0.15, 0.2) is 0 Å². The summed E-state index contributed by atoms with van der Waals surface area (Å²) < 4.78 is 5.42. The van der Waals surface area contributed by atoms with Crippen LogP contribution in [0.2, 0.25) is 0 Å². The molecule has 1 unspecified atom stereocenters. The Morgan fingerprint density at radius 1 is 1.21 bits per heavy atom. The Kier molecular flexibility index (Phi) is 6.02. The zero-order valence-corrected chi connectivity index (χ0v) is 17.0. The number of amides is 2. The van der Waals surface area contributed by atoms with Gasteiger partial charge in [-0.3, -0.25) is 9.59 Å². The Bertz CT molecular complexity index is 859. The molecule has 2 aromatic rings. The molecule has 1 saturated heterocycles. The number of carbonyl (C=O) groups excluding carboxylic acids is 2. The zero-order valence-electron chi connectivity index (χ0n) is 17.0. The SMILES string of the molecule is CCOc1ccc(NC(=O)C2CC(=O)N(c3c(C)cccc3C(C)C)C2)cc1. The fourth-order valence-electron chi connectivity index (χ4n) is 3.66. The molecule has 1 aliphatic rings. The number of para-hydroxylation sites is 1. The lowest BCUT2D eigenvalue weighted by Crippen LogP contribution is -2.29. The maximum Gasteiger partial charge on any atom is 0.229 e. The van der Waals surface area contributed by atoms with Crippen LogP contribution in [-0.2, 0) is 9.59 Å². The predicted molar refractivity (Wildman–Crippen MR) is 112 cm³/mol. The standard InChI is InChI=1S/C23H28N2O3/c1-5-28-19-11-9-18(10-12-19)24-23(27)17-13-21(26)25(14-17)22-16(4)7-6-8-20(22)15(2)3/h6-12,15,17H,5,13-14H2,1-4H3,(H,24,27). The first-order chi connectivity index (χ1) is 13.4. The molecule has 5 heteroatoms. The Morgan fingerprint density at radius 2 is 1.93 bits per heavy atom. The van der Waals surface area contributed by atoms with Crippen molar-refractivity contribution in [1.82, 2.24) is 0 Å². The molecule has 1 heterocycles. The van der Waals surface area contributed by atoms with Gasteiger partial charge in [0.25, 0.3) is 0 Å². The van der Waals surface area contributed by atoms with Gasteiger partial charge in [0.2, 0.25) is 11.8 Å². The van der Waals surface area contributed by atoms with Crippen molar-refractivity contribution in [3.8, 4) is 5.75 Å². The summed E-state index contributed by atoms with van der Waals surface area (Å²) in [6, 6.07) is 13.4. The summed E-state index contributed by atoms with van der Waals surface area (Å²) >= 11 is 0. The number of hydrogen-bond acceptors (Lipinski definition) is 3. The van der Waals surface area contributed by atoms with Crippen LogP contribution in [0.4, 0.5) is 11.4 Å². The molecule has 0 bridgehead atoms. The van der Waals surface area contributed by atoms with Crippen LogP contribution in [0.25, 0.3) is 0 Å². The van der Waals surface area contributed by atoms with E-state index >= 15 is 0 Å². The van der Waals surface area contributed by atoms with E-state index in [1.165, 1.54) is 0 Å². The summed E-state index contributed by atoms with van der Waals surface area (Å²) in [5.41, 5.74) is 3.87. The van der Waals surface area contributed by atoms with Crippen LogP contribution in [0, 0.1) is 12.8 Å². The van der Waals surface area contributed by atoms with Gasteiger partial charge < -0.3 is 15.0 Å². The lowest BCUT2D eigenvalue weighted by Gasteiger charge is -2.24. The van der Waals surface area contributed by atoms with Crippen LogP contribution in [0.1, 0.15) is 44.2 Å². The smallest absolute Gasteiger partial charge is 0.229 e. The molecule has 0 aliphatic carbocycles. The van der Waals surface area contributed by atoms with Gasteiger partial charge in [-0.1, -0.05) is 32.0 Å². The van der Waals surface area contributed by atoms with Crippen molar-refractivity contribution < 1.29 is 14.3 Å². The number of anilines is 2. The minimum Gasteiger partial charge on any atom is -0.494 e. The third-order valence-electron chi connectivity index (χ3n) is 5.09. The van der Waals surface area contributed by atoms with Crippen LogP contribution in [0.3, 0.4) is 0 Å². The number of aryl methyl sites for hydroxylation is 1. The van der Waals surface area contributed by atoms with E-state index in [0.717, 1.165) is 22.6 Å². The van der Waals surface area contributed by atoms with Crippen molar-refractivity contribution in [2.45, 2.75) is 40.0 Å². The van der Waals surface area contributed by atoms with Gasteiger partial charge in [-0.25, -0.2) is 0 Å². The Morgan fingerprint density at radius 3 is 2.57 bits per heavy atom. The molecule has 2 aromatic carbocycles. The molecule has 1 aliphatic heterocycles. The third kappa shape index (κ3) is 4.19. The first kappa shape index (κ1) is 19.9. The van der Waals surface area contributed by atoms with Gasteiger partial charge in [-0.15, -0.1) is 0 Å². The highest BCUT2D eigenvalue weighted by Crippen LogP contribution is 2.35. The quantitative estimate of drug-likeness (QED) is 0.802. The van der Waals surface area contributed by atoms with Gasteiger partial charge >= 0.3 is 0 Å². The lowest BCUT2D eigenvalue weighted by molar-refractivity contribution is -0.122. The highest BCUT2D eigenvalue weighted by Gasteiger charge is 2.36. The summed E-state index contributed by atoms with van der Waals surface area (Å²) in [5.74, 6) is 0.587. The van der Waals surface area contributed by atoms with Gasteiger partial charge in [0, 0.05) is 24.3 Å². The van der Waals surface area contributed by atoms with Crippen molar-refractivity contribution in [1.29, 1.82) is 0 Å². The highest BCUT2D eigenvalue weighted by atomic mass is 16.5. The Hall–Kier alpha value is -2.82. The number of hydrogen-bond donors (Lipinski definition) is 1. The van der Waals surface area contributed by atoms with E-state index in [4.69, 9.17) is 4.74 Å². The number of rotatable bonds is 6. The summed E-state index contributed by atoms with van der Waals surface area (Å²) in [6.45, 7) is 9.19. The number of carbonyl (C=O) groups is 2. The van der Waals surface area contributed by atoms with Crippen molar-refractivity contribution >= 4 is 23.2 Å². The van der Waals surface area contributed by atoms with Crippen LogP contribution in [0.5, 0.6) is 5.75 Å². The second kappa shape index (κ2) is 8.46. The Labute approximate surface area is 166 Å². The fraction of sp³-hybridized carbons (Fsp3) is 0.391. The van der Waals surface area contributed by atoms with Crippen molar-refractivity contribution in [2.75, 3.05) is 23.4 Å². The van der Waals surface area contributed by atoms with Gasteiger partial charge in [0.05, 0.1) is 12.5 Å². The average Bonchev–Trinajstić information content (AvgIpc) is 3.05. The normalized spacial score (nSPS) is 16.5. The molecule has 0 aromatic heterocycles. The molecule has 0 spiro atoms. The van der Waals surface area contributed by atoms with Gasteiger partial charge in [-0.2, -0.15) is 0 Å². The number of nitrogens with one attached hydrogen (secondary N) is 1. The molecule has 0 saturated carbocycles. The van der Waals surface area contributed by atoms with E-state index in [1.807, 2.05) is 50.2 Å². The summed E-state index contributed by atoms with van der Waals surface area (Å²) in [7, 11) is 0. The third-order valence-corrected chi connectivity index (χ3v) is 5.09. The van der Waals surface area contributed by atoms with Crippen molar-refractivity contribution in [3.05, 3.63) is 53.6 Å². The van der Waals surface area contributed by atoms with Crippen LogP contribution >= 0.6 is 0 Å². The van der Waals surface area contributed by atoms with E-state index in [-0.39, 0.29) is 24.2 Å². The molecule has 0 radical (unpaired) electrons.